The van der Waals surface area contributed by atoms with Gasteiger partial charge in [0.2, 0.25) is 5.91 Å². The summed E-state index contributed by atoms with van der Waals surface area (Å²) >= 11 is 0. The standard InChI is InChI=1S/C10H16N2O4/c13-6-4-8(10(15)16)12(5-6)9(14)7-2-1-3-11-7/h6-8,11,13H,1-5H2,(H,15,16)/t6?,7-,8?/m1/s1. The zero-order valence-corrected chi connectivity index (χ0v) is 8.93. The maximum absolute atomic E-state index is 12.0. The Labute approximate surface area is 93.2 Å². The number of carboxylic acid groups (broad SMARTS) is 1. The predicted molar refractivity (Wildman–Crippen MR) is 54.8 cm³/mol. The normalized spacial score (nSPS) is 34.3. The number of likely N-dealkylation sites (tertiary alicyclic amines) is 1. The molecule has 0 aromatic heterocycles. The summed E-state index contributed by atoms with van der Waals surface area (Å²) in [6, 6.07) is -1.14. The number of hydrogen-bond acceptors (Lipinski definition) is 4. The Morgan fingerprint density at radius 3 is 2.69 bits per heavy atom. The topological polar surface area (TPSA) is 89.9 Å². The number of aliphatic hydroxyl groups excluding tert-OH is 1. The van der Waals surface area contributed by atoms with Gasteiger partial charge in [0.25, 0.3) is 0 Å². The fourth-order valence-electron chi connectivity index (χ4n) is 2.39. The van der Waals surface area contributed by atoms with Crippen molar-refractivity contribution in [2.45, 2.75) is 37.5 Å². The smallest absolute Gasteiger partial charge is 0.326 e. The zero-order chi connectivity index (χ0) is 11.7. The summed E-state index contributed by atoms with van der Waals surface area (Å²) < 4.78 is 0. The average molecular weight is 228 g/mol. The average Bonchev–Trinajstić information content (AvgIpc) is 2.84. The lowest BCUT2D eigenvalue weighted by Crippen LogP contribution is -2.48. The van der Waals surface area contributed by atoms with E-state index in [0.717, 1.165) is 19.4 Å². The first-order chi connectivity index (χ1) is 7.59. The lowest BCUT2D eigenvalue weighted by atomic mass is 10.1. The van der Waals surface area contributed by atoms with Crippen LogP contribution in [0.3, 0.4) is 0 Å². The molecule has 2 fully saturated rings. The number of hydrogen-bond donors (Lipinski definition) is 3. The van der Waals surface area contributed by atoms with Crippen LogP contribution in [0, 0.1) is 0 Å². The summed E-state index contributed by atoms with van der Waals surface area (Å²) in [5, 5.41) is 21.4. The molecule has 0 bridgehead atoms. The molecule has 2 heterocycles. The van der Waals surface area contributed by atoms with Crippen LogP contribution in [0.15, 0.2) is 0 Å². The van der Waals surface area contributed by atoms with Crippen LogP contribution in [0.5, 0.6) is 0 Å². The molecular weight excluding hydrogens is 212 g/mol. The van der Waals surface area contributed by atoms with Crippen LogP contribution in [0.4, 0.5) is 0 Å². The van der Waals surface area contributed by atoms with Crippen molar-refractivity contribution in [3.8, 4) is 0 Å². The fraction of sp³-hybridized carbons (Fsp3) is 0.800. The van der Waals surface area contributed by atoms with Gasteiger partial charge in [0.15, 0.2) is 0 Å². The van der Waals surface area contributed by atoms with E-state index < -0.39 is 18.1 Å². The van der Waals surface area contributed by atoms with Crippen molar-refractivity contribution >= 4 is 11.9 Å². The highest BCUT2D eigenvalue weighted by molar-refractivity contribution is 5.87. The maximum Gasteiger partial charge on any atom is 0.326 e. The summed E-state index contributed by atoms with van der Waals surface area (Å²) in [6.07, 6.45) is 1.10. The summed E-state index contributed by atoms with van der Waals surface area (Å²) in [4.78, 5) is 24.2. The van der Waals surface area contributed by atoms with Crippen LogP contribution in [0.25, 0.3) is 0 Å². The highest BCUT2D eigenvalue weighted by atomic mass is 16.4. The summed E-state index contributed by atoms with van der Waals surface area (Å²) in [5.41, 5.74) is 0. The monoisotopic (exact) mass is 228 g/mol. The SMILES string of the molecule is O=C(O)C1CC(O)CN1C(=O)[C@H]1CCCN1. The second-order valence-electron chi connectivity index (χ2n) is 4.38. The molecule has 2 unspecified atom stereocenters. The molecule has 0 aromatic rings. The number of nitrogens with zero attached hydrogens (tertiary/aromatic N) is 1. The number of carbonyl (C=O) groups excluding carboxylic acids is 1. The largest absolute Gasteiger partial charge is 0.480 e. The molecule has 2 aliphatic rings. The maximum atomic E-state index is 12.0. The first kappa shape index (κ1) is 11.3. The van der Waals surface area contributed by atoms with Crippen LogP contribution in [0.1, 0.15) is 19.3 Å². The third-order valence-electron chi connectivity index (χ3n) is 3.21. The van der Waals surface area contributed by atoms with Gasteiger partial charge in [0, 0.05) is 13.0 Å². The molecule has 2 saturated heterocycles. The molecule has 3 N–H and O–H groups in total. The van der Waals surface area contributed by atoms with Crippen LogP contribution in [-0.4, -0.2) is 58.3 Å². The van der Waals surface area contributed by atoms with Crippen molar-refractivity contribution in [2.24, 2.45) is 0 Å². The molecule has 0 radical (unpaired) electrons. The molecule has 1 amide bonds. The first-order valence-corrected chi connectivity index (χ1v) is 5.54. The minimum atomic E-state index is -1.04. The van der Waals surface area contributed by atoms with E-state index >= 15 is 0 Å². The molecule has 0 aromatic carbocycles. The number of β-amino-alcohol motifs (C(OH)–C–C–N with tert-alkyl or cyclic N) is 1. The lowest BCUT2D eigenvalue weighted by Gasteiger charge is -2.24. The van der Waals surface area contributed by atoms with Gasteiger partial charge in [0.1, 0.15) is 6.04 Å². The van der Waals surface area contributed by atoms with E-state index in [-0.39, 0.29) is 24.9 Å². The Morgan fingerprint density at radius 1 is 1.38 bits per heavy atom. The molecule has 6 heteroatoms. The lowest BCUT2D eigenvalue weighted by molar-refractivity contribution is -0.148. The highest BCUT2D eigenvalue weighted by Gasteiger charge is 2.41. The Hall–Kier alpha value is -1.14. The Morgan fingerprint density at radius 2 is 2.12 bits per heavy atom. The third kappa shape index (κ3) is 2.03. The molecule has 2 rings (SSSR count). The van der Waals surface area contributed by atoms with E-state index in [1.54, 1.807) is 0 Å². The van der Waals surface area contributed by atoms with Gasteiger partial charge in [-0.15, -0.1) is 0 Å². The summed E-state index contributed by atoms with van der Waals surface area (Å²) in [7, 11) is 0. The molecule has 0 aliphatic carbocycles. The minimum absolute atomic E-state index is 0.133. The quantitative estimate of drug-likeness (QED) is 0.551. The second-order valence-corrected chi connectivity index (χ2v) is 4.38. The zero-order valence-electron chi connectivity index (χ0n) is 8.93. The van der Waals surface area contributed by atoms with Crippen molar-refractivity contribution in [3.05, 3.63) is 0 Å². The van der Waals surface area contributed by atoms with Gasteiger partial charge in [-0.2, -0.15) is 0 Å². The van der Waals surface area contributed by atoms with Gasteiger partial charge in [-0.1, -0.05) is 0 Å². The van der Waals surface area contributed by atoms with Gasteiger partial charge in [-0.3, -0.25) is 4.79 Å². The van der Waals surface area contributed by atoms with Crippen LogP contribution < -0.4 is 5.32 Å². The number of amides is 1. The molecule has 0 spiro atoms. The number of rotatable bonds is 2. The molecular formula is C10H16N2O4. The minimum Gasteiger partial charge on any atom is -0.480 e. The molecule has 2 aliphatic heterocycles. The summed E-state index contributed by atoms with van der Waals surface area (Å²) in [5.74, 6) is -1.23. The van der Waals surface area contributed by atoms with Crippen molar-refractivity contribution in [2.75, 3.05) is 13.1 Å². The molecule has 6 nitrogen and oxygen atoms in total. The number of carboxylic acids is 1. The molecule has 0 saturated carbocycles. The second kappa shape index (κ2) is 4.39. The number of carbonyl (C=O) groups is 2. The van der Waals surface area contributed by atoms with Gasteiger partial charge >= 0.3 is 5.97 Å². The van der Waals surface area contributed by atoms with Crippen LogP contribution in [-0.2, 0) is 9.59 Å². The van der Waals surface area contributed by atoms with Crippen molar-refractivity contribution < 1.29 is 19.8 Å². The number of aliphatic hydroxyl groups is 1. The van der Waals surface area contributed by atoms with Gasteiger partial charge in [-0.05, 0) is 19.4 Å². The number of nitrogens with one attached hydrogen (secondary N) is 1. The van der Waals surface area contributed by atoms with Gasteiger partial charge in [-0.25, -0.2) is 4.79 Å². The van der Waals surface area contributed by atoms with Gasteiger partial charge in [0.05, 0.1) is 12.1 Å². The molecule has 16 heavy (non-hydrogen) atoms. The predicted octanol–water partition coefficient (Wildman–Crippen LogP) is -1.22. The van der Waals surface area contributed by atoms with Crippen LogP contribution in [0.2, 0.25) is 0 Å². The fourth-order valence-corrected chi connectivity index (χ4v) is 2.39. The van der Waals surface area contributed by atoms with E-state index in [0.29, 0.717) is 0 Å². The Bertz CT molecular complexity index is 301. The first-order valence-electron chi connectivity index (χ1n) is 5.54. The highest BCUT2D eigenvalue weighted by Crippen LogP contribution is 2.21. The van der Waals surface area contributed by atoms with E-state index in [1.807, 2.05) is 0 Å². The third-order valence-corrected chi connectivity index (χ3v) is 3.21. The number of aliphatic carboxylic acids is 1. The summed E-state index contributed by atoms with van der Waals surface area (Å²) in [6.45, 7) is 0.929. The van der Waals surface area contributed by atoms with Crippen LogP contribution >= 0.6 is 0 Å². The van der Waals surface area contributed by atoms with Crippen molar-refractivity contribution in [1.82, 2.24) is 10.2 Å². The van der Waals surface area contributed by atoms with E-state index in [9.17, 15) is 14.7 Å². The Kier molecular flexibility index (Phi) is 3.11. The van der Waals surface area contributed by atoms with Gasteiger partial charge < -0.3 is 20.4 Å². The van der Waals surface area contributed by atoms with Crippen molar-refractivity contribution in [1.29, 1.82) is 0 Å². The molecule has 3 atom stereocenters. The molecule has 90 valence electrons. The van der Waals surface area contributed by atoms with E-state index in [1.165, 1.54) is 4.90 Å². The van der Waals surface area contributed by atoms with Crippen molar-refractivity contribution in [3.63, 3.8) is 0 Å². The Balaban J connectivity index is 2.06. The van der Waals surface area contributed by atoms with E-state index in [4.69, 9.17) is 5.11 Å². The van der Waals surface area contributed by atoms with E-state index in [2.05, 4.69) is 5.32 Å².